The molecule has 1 saturated heterocycles. The van der Waals surface area contributed by atoms with Crippen LogP contribution in [0.4, 0.5) is 4.39 Å². The molecule has 0 aliphatic carbocycles. The number of rotatable bonds is 3. The van der Waals surface area contributed by atoms with Gasteiger partial charge in [-0.2, -0.15) is 0 Å². The average molecular weight is 300 g/mol. The smallest absolute Gasteiger partial charge is 0.227 e. The summed E-state index contributed by atoms with van der Waals surface area (Å²) < 4.78 is 13.7. The van der Waals surface area contributed by atoms with Crippen LogP contribution < -0.4 is 0 Å². The monoisotopic (exact) mass is 299 g/mol. The molecule has 1 aliphatic rings. The summed E-state index contributed by atoms with van der Waals surface area (Å²) in [6.45, 7) is 3.98. The summed E-state index contributed by atoms with van der Waals surface area (Å²) in [6.07, 6.45) is 1.55. The van der Waals surface area contributed by atoms with Crippen molar-refractivity contribution in [3.8, 4) is 0 Å². The van der Waals surface area contributed by atoms with Gasteiger partial charge in [0, 0.05) is 17.1 Å². The van der Waals surface area contributed by atoms with Crippen molar-refractivity contribution in [3.05, 3.63) is 34.6 Å². The van der Waals surface area contributed by atoms with Crippen LogP contribution in [-0.4, -0.2) is 34.1 Å². The van der Waals surface area contributed by atoms with Gasteiger partial charge in [0.25, 0.3) is 0 Å². The van der Waals surface area contributed by atoms with Gasteiger partial charge in [-0.15, -0.1) is 0 Å². The quantitative estimate of drug-likeness (QED) is 0.932. The first-order valence-electron chi connectivity index (χ1n) is 6.75. The van der Waals surface area contributed by atoms with Crippen LogP contribution in [0.3, 0.4) is 0 Å². The Labute approximate surface area is 123 Å². The molecule has 0 spiro atoms. The second kappa shape index (κ2) is 5.70. The lowest BCUT2D eigenvalue weighted by molar-refractivity contribution is -0.135. The predicted molar refractivity (Wildman–Crippen MR) is 76.1 cm³/mol. The molecule has 110 valence electrons. The van der Waals surface area contributed by atoms with Crippen LogP contribution in [0.15, 0.2) is 18.2 Å². The van der Waals surface area contributed by atoms with Crippen LogP contribution in [0.5, 0.6) is 0 Å². The van der Waals surface area contributed by atoms with E-state index in [0.29, 0.717) is 6.54 Å². The lowest BCUT2D eigenvalue weighted by Gasteiger charge is -2.34. The molecule has 2 rings (SSSR count). The first-order chi connectivity index (χ1) is 9.30. The number of halogens is 2. The molecule has 0 radical (unpaired) electrons. The SMILES string of the molecule is CC(C)(O)C1CCCN1C(=O)Cc1c(F)cccc1Cl. The molecular formula is C15H19ClFNO2. The van der Waals surface area contributed by atoms with Crippen LogP contribution >= 0.6 is 11.6 Å². The van der Waals surface area contributed by atoms with Crippen LogP contribution in [0, 0.1) is 5.82 Å². The van der Waals surface area contributed by atoms with Crippen LogP contribution in [0.2, 0.25) is 5.02 Å². The normalized spacial score (nSPS) is 19.4. The number of carbonyl (C=O) groups excluding carboxylic acids is 1. The van der Waals surface area contributed by atoms with Crippen molar-refractivity contribution in [2.24, 2.45) is 0 Å². The standard InChI is InChI=1S/C15H19ClFNO2/c1-15(2,20)13-7-4-8-18(13)14(19)9-10-11(16)5-3-6-12(10)17/h3,5-6,13,20H,4,7-9H2,1-2H3. The number of benzene rings is 1. The summed E-state index contributed by atoms with van der Waals surface area (Å²) in [4.78, 5) is 14.0. The molecule has 1 heterocycles. The van der Waals surface area contributed by atoms with Crippen molar-refractivity contribution in [1.29, 1.82) is 0 Å². The lowest BCUT2D eigenvalue weighted by atomic mass is 9.96. The van der Waals surface area contributed by atoms with Gasteiger partial charge in [0.2, 0.25) is 5.91 Å². The summed E-state index contributed by atoms with van der Waals surface area (Å²) in [6, 6.07) is 4.16. The molecule has 1 amide bonds. The molecule has 1 aliphatic heterocycles. The fourth-order valence-corrected chi connectivity index (χ4v) is 2.98. The molecule has 5 heteroatoms. The second-order valence-electron chi connectivity index (χ2n) is 5.78. The maximum absolute atomic E-state index is 13.7. The Hall–Kier alpha value is -1.13. The van der Waals surface area contributed by atoms with Crippen molar-refractivity contribution in [2.75, 3.05) is 6.54 Å². The highest BCUT2D eigenvalue weighted by Crippen LogP contribution is 2.28. The van der Waals surface area contributed by atoms with Crippen LogP contribution in [0.1, 0.15) is 32.3 Å². The number of nitrogens with zero attached hydrogens (tertiary/aromatic N) is 1. The van der Waals surface area contributed by atoms with E-state index in [9.17, 15) is 14.3 Å². The summed E-state index contributed by atoms with van der Waals surface area (Å²) in [7, 11) is 0. The predicted octanol–water partition coefficient (Wildman–Crippen LogP) is 2.78. The molecule has 1 fully saturated rings. The van der Waals surface area contributed by atoms with E-state index in [1.807, 2.05) is 0 Å². The van der Waals surface area contributed by atoms with E-state index in [4.69, 9.17) is 11.6 Å². The minimum absolute atomic E-state index is 0.0713. The lowest BCUT2D eigenvalue weighted by Crippen LogP contribution is -2.48. The zero-order valence-corrected chi connectivity index (χ0v) is 12.5. The van der Waals surface area contributed by atoms with Crippen LogP contribution in [0.25, 0.3) is 0 Å². The molecule has 0 aromatic heterocycles. The third kappa shape index (κ3) is 3.13. The van der Waals surface area contributed by atoms with Crippen LogP contribution in [-0.2, 0) is 11.2 Å². The zero-order valence-electron chi connectivity index (χ0n) is 11.7. The molecule has 1 atom stereocenters. The van der Waals surface area contributed by atoms with Crippen molar-refractivity contribution in [1.82, 2.24) is 4.90 Å². The van der Waals surface area contributed by atoms with E-state index in [1.54, 1.807) is 24.8 Å². The minimum Gasteiger partial charge on any atom is -0.388 e. The molecule has 1 aromatic rings. The van der Waals surface area contributed by atoms with Gasteiger partial charge in [-0.25, -0.2) is 4.39 Å². The first-order valence-corrected chi connectivity index (χ1v) is 7.13. The van der Waals surface area contributed by atoms with Gasteiger partial charge in [0.1, 0.15) is 5.82 Å². The highest BCUT2D eigenvalue weighted by atomic mass is 35.5. The van der Waals surface area contributed by atoms with E-state index in [0.717, 1.165) is 12.8 Å². The number of carbonyl (C=O) groups is 1. The van der Waals surface area contributed by atoms with Gasteiger partial charge in [0.05, 0.1) is 18.1 Å². The molecular weight excluding hydrogens is 281 g/mol. The van der Waals surface area contributed by atoms with Gasteiger partial charge >= 0.3 is 0 Å². The second-order valence-corrected chi connectivity index (χ2v) is 6.18. The molecule has 1 unspecified atom stereocenters. The van der Waals surface area contributed by atoms with E-state index >= 15 is 0 Å². The molecule has 1 N–H and O–H groups in total. The number of hydrogen-bond acceptors (Lipinski definition) is 2. The van der Waals surface area contributed by atoms with Crippen molar-refractivity contribution in [3.63, 3.8) is 0 Å². The van der Waals surface area contributed by atoms with Gasteiger partial charge in [-0.1, -0.05) is 17.7 Å². The highest BCUT2D eigenvalue weighted by Gasteiger charge is 2.38. The molecule has 0 bridgehead atoms. The van der Waals surface area contributed by atoms with Gasteiger partial charge in [0.15, 0.2) is 0 Å². The van der Waals surface area contributed by atoms with Crippen molar-refractivity contribution < 1.29 is 14.3 Å². The van der Waals surface area contributed by atoms with E-state index in [1.165, 1.54) is 12.1 Å². The average Bonchev–Trinajstić information content (AvgIpc) is 2.82. The minimum atomic E-state index is -0.953. The van der Waals surface area contributed by atoms with Crippen molar-refractivity contribution in [2.45, 2.75) is 44.8 Å². The van der Waals surface area contributed by atoms with Crippen molar-refractivity contribution >= 4 is 17.5 Å². The molecule has 3 nitrogen and oxygen atoms in total. The number of likely N-dealkylation sites (tertiary alicyclic amines) is 1. The Kier molecular flexibility index (Phi) is 4.35. The third-order valence-electron chi connectivity index (χ3n) is 3.78. The summed E-state index contributed by atoms with van der Waals surface area (Å²) in [5.74, 6) is -0.661. The summed E-state index contributed by atoms with van der Waals surface area (Å²) in [5, 5.41) is 10.4. The Balaban J connectivity index is 2.16. The number of aliphatic hydroxyl groups is 1. The van der Waals surface area contributed by atoms with E-state index < -0.39 is 11.4 Å². The third-order valence-corrected chi connectivity index (χ3v) is 4.13. The Bertz CT molecular complexity index is 493. The highest BCUT2D eigenvalue weighted by molar-refractivity contribution is 6.31. The summed E-state index contributed by atoms with van der Waals surface area (Å²) in [5.41, 5.74) is -0.730. The van der Waals surface area contributed by atoms with Gasteiger partial charge < -0.3 is 10.0 Å². The topological polar surface area (TPSA) is 40.5 Å². The molecule has 20 heavy (non-hydrogen) atoms. The maximum Gasteiger partial charge on any atom is 0.227 e. The van der Waals surface area contributed by atoms with E-state index in [-0.39, 0.29) is 29.0 Å². The maximum atomic E-state index is 13.7. The largest absolute Gasteiger partial charge is 0.388 e. The van der Waals surface area contributed by atoms with E-state index in [2.05, 4.69) is 0 Å². The van der Waals surface area contributed by atoms with Gasteiger partial charge in [-0.3, -0.25) is 4.79 Å². The Morgan fingerprint density at radius 3 is 2.85 bits per heavy atom. The Morgan fingerprint density at radius 1 is 1.55 bits per heavy atom. The molecule has 1 aromatic carbocycles. The Morgan fingerprint density at radius 2 is 2.25 bits per heavy atom. The first kappa shape index (κ1) is 15.3. The summed E-state index contributed by atoms with van der Waals surface area (Å²) >= 11 is 5.95. The van der Waals surface area contributed by atoms with Gasteiger partial charge in [-0.05, 0) is 38.8 Å². The molecule has 0 saturated carbocycles. The number of amides is 1. The zero-order chi connectivity index (χ0) is 14.9. The fourth-order valence-electron chi connectivity index (χ4n) is 2.75. The fraction of sp³-hybridized carbons (Fsp3) is 0.533. The number of hydrogen-bond donors (Lipinski definition) is 1.